The van der Waals surface area contributed by atoms with Crippen LogP contribution in [0.2, 0.25) is 0 Å². The van der Waals surface area contributed by atoms with E-state index < -0.39 is 35.3 Å². The summed E-state index contributed by atoms with van der Waals surface area (Å²) in [7, 11) is 1.55. The fourth-order valence-corrected chi connectivity index (χ4v) is 3.15. The molecule has 1 saturated heterocycles. The van der Waals surface area contributed by atoms with Crippen LogP contribution < -0.4 is 15.4 Å². The van der Waals surface area contributed by atoms with Crippen LogP contribution >= 0.6 is 0 Å². The first-order valence-corrected chi connectivity index (χ1v) is 8.14. The van der Waals surface area contributed by atoms with Crippen LogP contribution in [-0.4, -0.2) is 37.7 Å². The van der Waals surface area contributed by atoms with Crippen molar-refractivity contribution in [2.24, 2.45) is 5.41 Å². The molecule has 3 amide bonds. The van der Waals surface area contributed by atoms with Crippen LogP contribution in [-0.2, 0) is 14.3 Å². The molecule has 0 aliphatic carbocycles. The van der Waals surface area contributed by atoms with Crippen molar-refractivity contribution < 1.29 is 23.9 Å². The summed E-state index contributed by atoms with van der Waals surface area (Å²) in [5.41, 5.74) is 0.0162. The Bertz CT molecular complexity index is 733. The number of esters is 1. The van der Waals surface area contributed by atoms with Crippen LogP contribution in [0.3, 0.4) is 0 Å². The summed E-state index contributed by atoms with van der Waals surface area (Å²) < 4.78 is 10.3. The molecule has 7 heteroatoms. The van der Waals surface area contributed by atoms with E-state index in [0.29, 0.717) is 11.3 Å². The van der Waals surface area contributed by atoms with Gasteiger partial charge in [-0.3, -0.25) is 14.9 Å². The smallest absolute Gasteiger partial charge is 0.322 e. The number of imide groups is 1. The molecule has 0 spiro atoms. The first kappa shape index (κ1) is 19.3. The molecular formula is C19H22N2O5. The molecule has 1 aliphatic heterocycles. The van der Waals surface area contributed by atoms with Gasteiger partial charge in [-0.15, -0.1) is 6.42 Å². The van der Waals surface area contributed by atoms with E-state index in [1.54, 1.807) is 31.4 Å². The molecule has 26 heavy (non-hydrogen) atoms. The number of benzene rings is 1. The van der Waals surface area contributed by atoms with Gasteiger partial charge in [-0.1, -0.05) is 31.9 Å². The number of ether oxygens (including phenoxy) is 2. The van der Waals surface area contributed by atoms with Crippen LogP contribution in [0, 0.1) is 17.8 Å². The van der Waals surface area contributed by atoms with E-state index >= 15 is 0 Å². The molecule has 1 aromatic rings. The second kappa shape index (κ2) is 7.91. The predicted molar refractivity (Wildman–Crippen MR) is 94.4 cm³/mol. The number of rotatable bonds is 7. The number of amides is 3. The Morgan fingerprint density at radius 3 is 2.46 bits per heavy atom. The lowest BCUT2D eigenvalue weighted by molar-refractivity contribution is -0.147. The van der Waals surface area contributed by atoms with Gasteiger partial charge >= 0.3 is 12.0 Å². The number of urea groups is 1. The standard InChI is InChI=1S/C19H22N2O5/c1-5-10-26-17(23)15(12-6-8-13(25-4)9-7-12)19(2,3)11-14-16(22)21-18(24)20-14/h1,6-9,14-15H,10-11H2,2-4H3,(H2,20,21,22,24). The van der Waals surface area contributed by atoms with Crippen LogP contribution in [0.15, 0.2) is 24.3 Å². The fourth-order valence-electron chi connectivity index (χ4n) is 3.15. The Labute approximate surface area is 152 Å². The highest BCUT2D eigenvalue weighted by Crippen LogP contribution is 2.41. The van der Waals surface area contributed by atoms with Gasteiger partial charge in [0.15, 0.2) is 6.61 Å². The first-order valence-electron chi connectivity index (χ1n) is 8.14. The van der Waals surface area contributed by atoms with E-state index in [2.05, 4.69) is 16.6 Å². The van der Waals surface area contributed by atoms with Gasteiger partial charge in [0.2, 0.25) is 0 Å². The van der Waals surface area contributed by atoms with Crippen LogP contribution in [0.5, 0.6) is 5.75 Å². The van der Waals surface area contributed by atoms with Crippen molar-refractivity contribution in [2.75, 3.05) is 13.7 Å². The lowest BCUT2D eigenvalue weighted by Crippen LogP contribution is -2.39. The SMILES string of the molecule is C#CCOC(=O)C(c1ccc(OC)cc1)C(C)(C)CC1NC(=O)NC1=O. The number of carbonyl (C=O) groups excluding carboxylic acids is 3. The van der Waals surface area contributed by atoms with E-state index in [1.165, 1.54) is 0 Å². The molecule has 0 radical (unpaired) electrons. The van der Waals surface area contributed by atoms with Gasteiger partial charge in [-0.2, -0.15) is 0 Å². The topological polar surface area (TPSA) is 93.7 Å². The van der Waals surface area contributed by atoms with Gasteiger partial charge in [0.05, 0.1) is 13.0 Å². The van der Waals surface area contributed by atoms with Gasteiger partial charge < -0.3 is 14.8 Å². The first-order chi connectivity index (χ1) is 12.3. The lowest BCUT2D eigenvalue weighted by atomic mass is 9.71. The highest BCUT2D eigenvalue weighted by atomic mass is 16.5. The third kappa shape index (κ3) is 4.33. The van der Waals surface area contributed by atoms with E-state index in [0.717, 1.165) is 0 Å². The maximum atomic E-state index is 12.7. The highest BCUT2D eigenvalue weighted by Gasteiger charge is 2.42. The minimum atomic E-state index is -0.710. The average molecular weight is 358 g/mol. The molecule has 1 heterocycles. The monoisotopic (exact) mass is 358 g/mol. The van der Waals surface area contributed by atoms with Crippen molar-refractivity contribution >= 4 is 17.9 Å². The molecule has 2 unspecified atom stereocenters. The Hall–Kier alpha value is -3.01. The summed E-state index contributed by atoms with van der Waals surface area (Å²) in [4.78, 5) is 35.9. The van der Waals surface area contributed by atoms with Crippen molar-refractivity contribution in [2.45, 2.75) is 32.2 Å². The third-order valence-corrected chi connectivity index (χ3v) is 4.35. The molecule has 2 N–H and O–H groups in total. The van der Waals surface area contributed by atoms with E-state index in [4.69, 9.17) is 15.9 Å². The third-order valence-electron chi connectivity index (χ3n) is 4.35. The molecule has 138 valence electrons. The zero-order valence-electron chi connectivity index (χ0n) is 15.0. The van der Waals surface area contributed by atoms with Crippen molar-refractivity contribution in [3.05, 3.63) is 29.8 Å². The Morgan fingerprint density at radius 1 is 1.31 bits per heavy atom. The maximum absolute atomic E-state index is 12.7. The Kier molecular flexibility index (Phi) is 5.88. The predicted octanol–water partition coefficient (Wildman–Crippen LogP) is 1.58. The molecule has 7 nitrogen and oxygen atoms in total. The minimum Gasteiger partial charge on any atom is -0.497 e. The summed E-state index contributed by atoms with van der Waals surface area (Å²) in [5, 5.41) is 4.76. The summed E-state index contributed by atoms with van der Waals surface area (Å²) in [6.45, 7) is 3.55. The summed E-state index contributed by atoms with van der Waals surface area (Å²) in [6, 6.07) is 5.80. The van der Waals surface area contributed by atoms with Crippen molar-refractivity contribution in [3.63, 3.8) is 0 Å². The second-order valence-corrected chi connectivity index (χ2v) is 6.73. The van der Waals surface area contributed by atoms with Crippen LogP contribution in [0.25, 0.3) is 0 Å². The summed E-state index contributed by atoms with van der Waals surface area (Å²) in [5.74, 6) is 1.37. The Balaban J connectivity index is 2.31. The molecule has 1 aromatic carbocycles. The van der Waals surface area contributed by atoms with Crippen molar-refractivity contribution in [1.29, 1.82) is 0 Å². The molecule has 1 aliphatic rings. The normalized spacial score (nSPS) is 17.7. The van der Waals surface area contributed by atoms with Gasteiger partial charge in [0.25, 0.3) is 5.91 Å². The van der Waals surface area contributed by atoms with Crippen molar-refractivity contribution in [1.82, 2.24) is 10.6 Å². The second-order valence-electron chi connectivity index (χ2n) is 6.73. The molecular weight excluding hydrogens is 336 g/mol. The molecule has 2 rings (SSSR count). The maximum Gasteiger partial charge on any atom is 0.322 e. The van der Waals surface area contributed by atoms with Gasteiger partial charge in [-0.25, -0.2) is 4.79 Å². The average Bonchev–Trinajstić information content (AvgIpc) is 2.90. The molecule has 0 aromatic heterocycles. The minimum absolute atomic E-state index is 0.137. The molecule has 1 fully saturated rings. The summed E-state index contributed by atoms with van der Waals surface area (Å²) in [6.07, 6.45) is 5.44. The van der Waals surface area contributed by atoms with Gasteiger partial charge in [0.1, 0.15) is 11.8 Å². The fraction of sp³-hybridized carbons (Fsp3) is 0.421. The zero-order valence-corrected chi connectivity index (χ0v) is 15.0. The van der Waals surface area contributed by atoms with Crippen molar-refractivity contribution in [3.8, 4) is 18.1 Å². The van der Waals surface area contributed by atoms with E-state index in [-0.39, 0.29) is 13.0 Å². The number of hydrogen-bond acceptors (Lipinski definition) is 5. The van der Waals surface area contributed by atoms with Gasteiger partial charge in [0, 0.05) is 0 Å². The number of terminal acetylenes is 1. The molecule has 0 saturated carbocycles. The summed E-state index contributed by atoms with van der Waals surface area (Å²) >= 11 is 0. The van der Waals surface area contributed by atoms with Gasteiger partial charge in [-0.05, 0) is 29.5 Å². The lowest BCUT2D eigenvalue weighted by Gasteiger charge is -2.34. The number of nitrogens with one attached hydrogen (secondary N) is 2. The number of carbonyl (C=O) groups is 3. The molecule has 2 atom stereocenters. The number of hydrogen-bond donors (Lipinski definition) is 2. The molecule has 0 bridgehead atoms. The quantitative estimate of drug-likeness (QED) is 0.438. The zero-order chi connectivity index (χ0) is 19.3. The van der Waals surface area contributed by atoms with Crippen LogP contribution in [0.1, 0.15) is 31.7 Å². The number of methoxy groups -OCH3 is 1. The van der Waals surface area contributed by atoms with E-state index in [1.807, 2.05) is 13.8 Å². The highest BCUT2D eigenvalue weighted by molar-refractivity contribution is 6.04. The largest absolute Gasteiger partial charge is 0.497 e. The van der Waals surface area contributed by atoms with Crippen LogP contribution in [0.4, 0.5) is 4.79 Å². The Morgan fingerprint density at radius 2 is 1.96 bits per heavy atom. The van der Waals surface area contributed by atoms with E-state index in [9.17, 15) is 14.4 Å².